The van der Waals surface area contributed by atoms with Crippen LogP contribution in [0.5, 0.6) is 17.2 Å². The summed E-state index contributed by atoms with van der Waals surface area (Å²) in [5.74, 6) is 3.24. The van der Waals surface area contributed by atoms with Crippen molar-refractivity contribution in [3.05, 3.63) is 17.2 Å². The highest BCUT2D eigenvalue weighted by Crippen LogP contribution is 2.43. The van der Waals surface area contributed by atoms with Crippen molar-refractivity contribution >= 4 is 5.91 Å². The molecule has 0 heterocycles. The number of ether oxygens (including phenoxy) is 3. The smallest absolute Gasteiger partial charge is 0.223 e. The number of hydrogen-bond acceptors (Lipinski definition) is 4. The Hall–Kier alpha value is -1.91. The van der Waals surface area contributed by atoms with E-state index in [4.69, 9.17) is 14.2 Å². The van der Waals surface area contributed by atoms with Gasteiger partial charge in [0.05, 0.1) is 21.3 Å². The Morgan fingerprint density at radius 2 is 1.52 bits per heavy atom. The van der Waals surface area contributed by atoms with E-state index in [0.717, 1.165) is 54.7 Å². The molecule has 0 aromatic heterocycles. The fourth-order valence-corrected chi connectivity index (χ4v) is 5.02. The van der Waals surface area contributed by atoms with Crippen LogP contribution in [0.2, 0.25) is 0 Å². The molecule has 0 radical (unpaired) electrons. The molecule has 2 aliphatic rings. The Morgan fingerprint density at radius 1 is 0.897 bits per heavy atom. The Balaban J connectivity index is 1.80. The normalized spacial score (nSPS) is 18.3. The van der Waals surface area contributed by atoms with Crippen molar-refractivity contribution < 1.29 is 19.0 Å². The van der Waals surface area contributed by atoms with Crippen LogP contribution in [-0.2, 0) is 17.8 Å². The molecule has 2 aliphatic carbocycles. The number of carbonyl (C=O) groups is 1. The van der Waals surface area contributed by atoms with E-state index < -0.39 is 0 Å². The Bertz CT molecular complexity index is 676. The standard InChI is InChI=1S/C24H37NO4/c1-27-21-15-19(16-25-24(26)18-12-8-5-9-13-18)22(28-2)23(29-3)20(21)14-17-10-6-4-7-11-17/h15,17-18H,4-14,16H2,1-3H3,(H,25,26). The van der Waals surface area contributed by atoms with E-state index in [1.165, 1.54) is 38.5 Å². The predicted octanol–water partition coefficient (Wildman–Crippen LogP) is 5.03. The third-order valence-electron chi connectivity index (χ3n) is 6.65. The van der Waals surface area contributed by atoms with Gasteiger partial charge in [-0.25, -0.2) is 0 Å². The van der Waals surface area contributed by atoms with E-state index in [1.807, 2.05) is 6.07 Å². The van der Waals surface area contributed by atoms with Crippen LogP contribution in [0.4, 0.5) is 0 Å². The minimum absolute atomic E-state index is 0.143. The second kappa shape index (κ2) is 10.7. The zero-order valence-corrected chi connectivity index (χ0v) is 18.4. The van der Waals surface area contributed by atoms with Crippen molar-refractivity contribution in [2.75, 3.05) is 21.3 Å². The number of nitrogens with one attached hydrogen (secondary N) is 1. The fraction of sp³-hybridized carbons (Fsp3) is 0.708. The van der Waals surface area contributed by atoms with Gasteiger partial charge in [-0.2, -0.15) is 0 Å². The molecule has 3 rings (SSSR count). The van der Waals surface area contributed by atoms with Crippen molar-refractivity contribution in [1.29, 1.82) is 0 Å². The molecule has 2 fully saturated rings. The zero-order chi connectivity index (χ0) is 20.6. The van der Waals surface area contributed by atoms with Crippen molar-refractivity contribution in [3.63, 3.8) is 0 Å². The van der Waals surface area contributed by atoms with Gasteiger partial charge < -0.3 is 19.5 Å². The third-order valence-corrected chi connectivity index (χ3v) is 6.65. The largest absolute Gasteiger partial charge is 0.496 e. The molecule has 0 unspecified atom stereocenters. The van der Waals surface area contributed by atoms with Crippen LogP contribution in [-0.4, -0.2) is 27.2 Å². The van der Waals surface area contributed by atoms with Gasteiger partial charge in [0.25, 0.3) is 0 Å². The van der Waals surface area contributed by atoms with E-state index >= 15 is 0 Å². The van der Waals surface area contributed by atoms with Gasteiger partial charge in [0.2, 0.25) is 5.91 Å². The van der Waals surface area contributed by atoms with E-state index in [-0.39, 0.29) is 11.8 Å². The molecular weight excluding hydrogens is 366 g/mol. The van der Waals surface area contributed by atoms with E-state index in [9.17, 15) is 4.79 Å². The van der Waals surface area contributed by atoms with Crippen LogP contribution in [0, 0.1) is 11.8 Å². The molecule has 0 bridgehead atoms. The molecule has 1 aromatic rings. The molecule has 5 heteroatoms. The molecule has 0 saturated heterocycles. The van der Waals surface area contributed by atoms with E-state index in [1.54, 1.807) is 21.3 Å². The molecule has 1 aromatic carbocycles. The lowest BCUT2D eigenvalue weighted by Gasteiger charge is -2.26. The SMILES string of the molecule is COc1cc(CNC(=O)C2CCCCC2)c(OC)c(OC)c1CC1CCCCC1. The van der Waals surface area contributed by atoms with Gasteiger partial charge in [0.1, 0.15) is 5.75 Å². The molecule has 0 aliphatic heterocycles. The maximum absolute atomic E-state index is 12.6. The Kier molecular flexibility index (Phi) is 8.08. The summed E-state index contributed by atoms with van der Waals surface area (Å²) in [6.45, 7) is 0.426. The summed E-state index contributed by atoms with van der Waals surface area (Å²) in [5, 5.41) is 3.12. The Labute approximate surface area is 175 Å². The number of methoxy groups -OCH3 is 3. The van der Waals surface area contributed by atoms with E-state index in [0.29, 0.717) is 18.2 Å². The first kappa shape index (κ1) is 21.8. The second-order valence-corrected chi connectivity index (χ2v) is 8.54. The fourth-order valence-electron chi connectivity index (χ4n) is 5.02. The lowest BCUT2D eigenvalue weighted by atomic mass is 9.84. The van der Waals surface area contributed by atoms with Crippen molar-refractivity contribution in [2.45, 2.75) is 77.2 Å². The van der Waals surface area contributed by atoms with Gasteiger partial charge in [0, 0.05) is 23.6 Å². The van der Waals surface area contributed by atoms with Crippen LogP contribution in [0.15, 0.2) is 6.07 Å². The first-order valence-electron chi connectivity index (χ1n) is 11.3. The maximum atomic E-state index is 12.6. The topological polar surface area (TPSA) is 56.8 Å². The summed E-state index contributed by atoms with van der Waals surface area (Å²) in [7, 11) is 5.06. The van der Waals surface area contributed by atoms with Gasteiger partial charge in [-0.1, -0.05) is 51.4 Å². The van der Waals surface area contributed by atoms with Gasteiger partial charge in [-0.3, -0.25) is 4.79 Å². The monoisotopic (exact) mass is 403 g/mol. The molecular formula is C24H37NO4. The Morgan fingerprint density at radius 3 is 2.10 bits per heavy atom. The second-order valence-electron chi connectivity index (χ2n) is 8.54. The average molecular weight is 404 g/mol. The van der Waals surface area contributed by atoms with Gasteiger partial charge in [-0.15, -0.1) is 0 Å². The van der Waals surface area contributed by atoms with Crippen LogP contribution in [0.1, 0.15) is 75.3 Å². The summed E-state index contributed by atoms with van der Waals surface area (Å²) in [6, 6.07) is 2.01. The number of amides is 1. The molecule has 29 heavy (non-hydrogen) atoms. The first-order valence-corrected chi connectivity index (χ1v) is 11.3. The molecule has 1 N–H and O–H groups in total. The summed E-state index contributed by atoms with van der Waals surface area (Å²) < 4.78 is 17.3. The molecule has 0 spiro atoms. The van der Waals surface area contributed by atoms with Crippen molar-refractivity contribution in [3.8, 4) is 17.2 Å². The first-order chi connectivity index (χ1) is 14.2. The predicted molar refractivity (Wildman–Crippen MR) is 115 cm³/mol. The highest BCUT2D eigenvalue weighted by atomic mass is 16.5. The summed E-state index contributed by atoms with van der Waals surface area (Å²) in [5.41, 5.74) is 1.99. The lowest BCUT2D eigenvalue weighted by molar-refractivity contribution is -0.126. The lowest BCUT2D eigenvalue weighted by Crippen LogP contribution is -2.31. The van der Waals surface area contributed by atoms with Gasteiger partial charge in [0.15, 0.2) is 11.5 Å². The molecule has 5 nitrogen and oxygen atoms in total. The summed E-state index contributed by atoms with van der Waals surface area (Å²) >= 11 is 0. The van der Waals surface area contributed by atoms with Crippen LogP contribution in [0.3, 0.4) is 0 Å². The molecule has 162 valence electrons. The summed E-state index contributed by atoms with van der Waals surface area (Å²) in [6.07, 6.45) is 12.9. The number of benzene rings is 1. The number of hydrogen-bond donors (Lipinski definition) is 1. The maximum Gasteiger partial charge on any atom is 0.223 e. The van der Waals surface area contributed by atoms with Gasteiger partial charge >= 0.3 is 0 Å². The van der Waals surface area contributed by atoms with Crippen LogP contribution >= 0.6 is 0 Å². The van der Waals surface area contributed by atoms with E-state index in [2.05, 4.69) is 5.32 Å². The highest BCUT2D eigenvalue weighted by Gasteiger charge is 2.25. The van der Waals surface area contributed by atoms with Crippen molar-refractivity contribution in [2.24, 2.45) is 11.8 Å². The molecule has 2 saturated carbocycles. The molecule has 0 atom stereocenters. The minimum Gasteiger partial charge on any atom is -0.496 e. The average Bonchev–Trinajstić information content (AvgIpc) is 2.78. The van der Waals surface area contributed by atoms with Crippen molar-refractivity contribution in [1.82, 2.24) is 5.32 Å². The number of rotatable bonds is 8. The third kappa shape index (κ3) is 5.37. The summed E-state index contributed by atoms with van der Waals surface area (Å²) in [4.78, 5) is 12.6. The highest BCUT2D eigenvalue weighted by molar-refractivity contribution is 5.78. The zero-order valence-electron chi connectivity index (χ0n) is 18.4. The van der Waals surface area contributed by atoms with Crippen LogP contribution in [0.25, 0.3) is 0 Å². The quantitative estimate of drug-likeness (QED) is 0.661. The van der Waals surface area contributed by atoms with Gasteiger partial charge in [-0.05, 0) is 31.2 Å². The molecule has 1 amide bonds. The number of carbonyl (C=O) groups excluding carboxylic acids is 1. The van der Waals surface area contributed by atoms with Crippen LogP contribution < -0.4 is 19.5 Å². The minimum atomic E-state index is 0.143.